The van der Waals surface area contributed by atoms with Gasteiger partial charge in [0, 0.05) is 12.6 Å². The van der Waals surface area contributed by atoms with Gasteiger partial charge < -0.3 is 4.57 Å². The Labute approximate surface area is 126 Å². The van der Waals surface area contributed by atoms with Crippen LogP contribution in [0.1, 0.15) is 44.3 Å². The molecule has 2 nitrogen and oxygen atoms in total. The third-order valence-electron chi connectivity index (χ3n) is 3.16. The van der Waals surface area contributed by atoms with Crippen LogP contribution in [0.25, 0.3) is 11.0 Å². The van der Waals surface area contributed by atoms with Gasteiger partial charge in [0.1, 0.15) is 11.6 Å². The van der Waals surface area contributed by atoms with Gasteiger partial charge in [-0.1, -0.05) is 19.8 Å². The second-order valence-corrected chi connectivity index (χ2v) is 6.21. The maximum Gasteiger partial charge on any atom is 0.139 e. The number of aromatic nitrogens is 2. The smallest absolute Gasteiger partial charge is 0.139 e. The number of unbranched alkanes of at least 4 members (excludes halogenated alkanes) is 2. The van der Waals surface area contributed by atoms with E-state index in [4.69, 9.17) is 11.6 Å². The zero-order valence-electron chi connectivity index (χ0n) is 11.1. The topological polar surface area (TPSA) is 17.8 Å². The lowest BCUT2D eigenvalue weighted by Gasteiger charge is -2.10. The van der Waals surface area contributed by atoms with Crippen LogP contribution in [0, 0.1) is 5.82 Å². The molecule has 1 aromatic heterocycles. The van der Waals surface area contributed by atoms with E-state index in [1.165, 1.54) is 6.07 Å². The first-order chi connectivity index (χ1) is 9.04. The Morgan fingerprint density at radius 2 is 2.16 bits per heavy atom. The Morgan fingerprint density at radius 3 is 2.79 bits per heavy atom. The number of halogens is 3. The maximum atomic E-state index is 13.6. The van der Waals surface area contributed by atoms with E-state index >= 15 is 0 Å². The van der Waals surface area contributed by atoms with Gasteiger partial charge in [-0.25, -0.2) is 9.37 Å². The molecular formula is C14H17BrClFN2. The van der Waals surface area contributed by atoms with Crippen molar-refractivity contribution in [1.29, 1.82) is 0 Å². The van der Waals surface area contributed by atoms with E-state index in [9.17, 15) is 4.39 Å². The summed E-state index contributed by atoms with van der Waals surface area (Å²) in [6, 6.07) is 3.24. The molecule has 2 aromatic rings. The van der Waals surface area contributed by atoms with Crippen LogP contribution in [0.3, 0.4) is 0 Å². The molecule has 104 valence electrons. The highest BCUT2D eigenvalue weighted by Crippen LogP contribution is 2.28. The van der Waals surface area contributed by atoms with Crippen LogP contribution in [0.5, 0.6) is 0 Å². The number of hydrogen-bond acceptors (Lipinski definition) is 1. The Hall–Kier alpha value is -0.610. The number of fused-ring (bicyclic) bond motifs is 1. The largest absolute Gasteiger partial charge is 0.327 e. The van der Waals surface area contributed by atoms with Crippen molar-refractivity contribution in [3.8, 4) is 0 Å². The molecule has 0 amide bonds. The zero-order valence-corrected chi connectivity index (χ0v) is 13.4. The summed E-state index contributed by atoms with van der Waals surface area (Å²) in [6.45, 7) is 4.93. The molecule has 19 heavy (non-hydrogen) atoms. The van der Waals surface area contributed by atoms with Crippen molar-refractivity contribution in [3.63, 3.8) is 0 Å². The molecule has 1 heterocycles. The number of hydrogen-bond donors (Lipinski definition) is 0. The number of rotatable bonds is 5. The van der Waals surface area contributed by atoms with Crippen molar-refractivity contribution < 1.29 is 4.39 Å². The highest BCUT2D eigenvalue weighted by atomic mass is 79.9. The fourth-order valence-corrected chi connectivity index (χ4v) is 2.70. The average molecular weight is 348 g/mol. The summed E-state index contributed by atoms with van der Waals surface area (Å²) in [7, 11) is 0. The molecule has 0 aliphatic rings. The van der Waals surface area contributed by atoms with Crippen LogP contribution in [-0.2, 0) is 6.54 Å². The van der Waals surface area contributed by atoms with Crippen molar-refractivity contribution in [3.05, 3.63) is 28.2 Å². The Balaban J connectivity index is 2.49. The predicted molar refractivity (Wildman–Crippen MR) is 81.2 cm³/mol. The fraction of sp³-hybridized carbons (Fsp3) is 0.500. The lowest BCUT2D eigenvalue weighted by Crippen LogP contribution is -2.04. The fourth-order valence-electron chi connectivity index (χ4n) is 2.20. The van der Waals surface area contributed by atoms with Crippen molar-refractivity contribution >= 4 is 38.6 Å². The SMILES string of the molecule is CCCCCn1c(C(C)Cl)nc2cc(F)c(Br)cc21. The summed E-state index contributed by atoms with van der Waals surface area (Å²) in [5, 5.41) is -0.184. The normalized spacial score (nSPS) is 13.1. The van der Waals surface area contributed by atoms with Gasteiger partial charge in [-0.15, -0.1) is 11.6 Å². The summed E-state index contributed by atoms with van der Waals surface area (Å²) >= 11 is 9.41. The van der Waals surface area contributed by atoms with Crippen LogP contribution >= 0.6 is 27.5 Å². The van der Waals surface area contributed by atoms with E-state index < -0.39 is 0 Å². The Kier molecular flexibility index (Phi) is 4.85. The predicted octanol–water partition coefficient (Wildman–Crippen LogP) is 5.43. The standard InChI is InChI=1S/C14H17BrClFN2/c1-3-4-5-6-19-13-7-10(15)11(17)8-12(13)18-14(19)9(2)16/h7-9H,3-6H2,1-2H3. The van der Waals surface area contributed by atoms with Crippen molar-refractivity contribution in [2.24, 2.45) is 0 Å². The van der Waals surface area contributed by atoms with Crippen LogP contribution in [0.4, 0.5) is 4.39 Å². The molecule has 0 aliphatic carbocycles. The van der Waals surface area contributed by atoms with E-state index in [2.05, 4.69) is 32.4 Å². The first-order valence-electron chi connectivity index (χ1n) is 6.53. The molecule has 0 saturated carbocycles. The van der Waals surface area contributed by atoms with Gasteiger partial charge in [-0.05, 0) is 35.3 Å². The van der Waals surface area contributed by atoms with Gasteiger partial charge in [-0.2, -0.15) is 0 Å². The Bertz CT molecular complexity index is 580. The first-order valence-corrected chi connectivity index (χ1v) is 7.76. The summed E-state index contributed by atoms with van der Waals surface area (Å²) in [6.07, 6.45) is 3.41. The van der Waals surface area contributed by atoms with E-state index in [-0.39, 0.29) is 11.2 Å². The second kappa shape index (κ2) is 6.23. The zero-order chi connectivity index (χ0) is 14.0. The van der Waals surface area contributed by atoms with Gasteiger partial charge in [0.15, 0.2) is 0 Å². The number of nitrogens with zero attached hydrogens (tertiary/aromatic N) is 2. The van der Waals surface area contributed by atoms with Gasteiger partial charge in [0.05, 0.1) is 20.9 Å². The monoisotopic (exact) mass is 346 g/mol. The highest BCUT2D eigenvalue weighted by molar-refractivity contribution is 9.10. The average Bonchev–Trinajstić information content (AvgIpc) is 2.69. The summed E-state index contributed by atoms with van der Waals surface area (Å²) in [5.41, 5.74) is 1.60. The molecular weight excluding hydrogens is 331 g/mol. The van der Waals surface area contributed by atoms with Crippen LogP contribution in [0.2, 0.25) is 0 Å². The van der Waals surface area contributed by atoms with E-state index in [0.29, 0.717) is 9.99 Å². The first kappa shape index (κ1) is 14.8. The molecule has 1 atom stereocenters. The molecule has 0 radical (unpaired) electrons. The number of benzene rings is 1. The van der Waals surface area contributed by atoms with Crippen LogP contribution < -0.4 is 0 Å². The number of aryl methyl sites for hydroxylation is 1. The number of imidazole rings is 1. The lowest BCUT2D eigenvalue weighted by molar-refractivity contribution is 0.591. The van der Waals surface area contributed by atoms with Gasteiger partial charge in [0.2, 0.25) is 0 Å². The minimum Gasteiger partial charge on any atom is -0.327 e. The molecule has 0 aliphatic heterocycles. The molecule has 0 saturated heterocycles. The summed E-state index contributed by atoms with van der Waals surface area (Å²) in [4.78, 5) is 4.46. The van der Waals surface area contributed by atoms with Gasteiger partial charge >= 0.3 is 0 Å². The van der Waals surface area contributed by atoms with Gasteiger partial charge in [0.25, 0.3) is 0 Å². The third kappa shape index (κ3) is 3.11. The van der Waals surface area contributed by atoms with Crippen molar-refractivity contribution in [2.45, 2.75) is 45.0 Å². The summed E-state index contributed by atoms with van der Waals surface area (Å²) < 4.78 is 16.1. The third-order valence-corrected chi connectivity index (χ3v) is 3.96. The van der Waals surface area contributed by atoms with Crippen molar-refractivity contribution in [2.75, 3.05) is 0 Å². The quantitative estimate of drug-likeness (QED) is 0.521. The molecule has 2 rings (SSSR count). The van der Waals surface area contributed by atoms with Crippen LogP contribution in [0.15, 0.2) is 16.6 Å². The molecule has 0 fully saturated rings. The molecule has 1 aromatic carbocycles. The van der Waals surface area contributed by atoms with Crippen molar-refractivity contribution in [1.82, 2.24) is 9.55 Å². The maximum absolute atomic E-state index is 13.6. The lowest BCUT2D eigenvalue weighted by atomic mass is 10.2. The van der Waals surface area contributed by atoms with E-state index in [1.54, 1.807) is 6.07 Å². The number of alkyl halides is 1. The summed E-state index contributed by atoms with van der Waals surface area (Å²) in [5.74, 6) is 0.518. The molecule has 5 heteroatoms. The minimum atomic E-state index is -0.292. The van der Waals surface area contributed by atoms with Crippen LogP contribution in [-0.4, -0.2) is 9.55 Å². The minimum absolute atomic E-state index is 0.184. The molecule has 0 bridgehead atoms. The molecule has 1 unspecified atom stereocenters. The van der Waals surface area contributed by atoms with E-state index in [0.717, 1.165) is 37.1 Å². The van der Waals surface area contributed by atoms with E-state index in [1.807, 2.05) is 6.92 Å². The Morgan fingerprint density at radius 1 is 1.42 bits per heavy atom. The highest BCUT2D eigenvalue weighted by Gasteiger charge is 2.16. The van der Waals surface area contributed by atoms with Gasteiger partial charge in [-0.3, -0.25) is 0 Å². The molecule has 0 spiro atoms. The molecule has 0 N–H and O–H groups in total. The second-order valence-electron chi connectivity index (χ2n) is 4.70.